The van der Waals surface area contributed by atoms with Gasteiger partial charge in [-0.3, -0.25) is 0 Å². The Bertz CT molecular complexity index is 158. The second-order valence-electron chi connectivity index (χ2n) is 5.19. The Kier molecular flexibility index (Phi) is 4.90. The number of rotatable bonds is 5. The monoisotopic (exact) mass is 199 g/mol. The number of aliphatic hydroxyl groups excluding tert-OH is 1. The molecule has 14 heavy (non-hydrogen) atoms. The van der Waals surface area contributed by atoms with Gasteiger partial charge in [0, 0.05) is 12.1 Å². The van der Waals surface area contributed by atoms with Gasteiger partial charge in [-0.2, -0.15) is 0 Å². The van der Waals surface area contributed by atoms with Crippen LogP contribution < -0.4 is 5.32 Å². The normalized spacial score (nSPS) is 29.8. The van der Waals surface area contributed by atoms with E-state index in [0.717, 1.165) is 12.3 Å². The third-order valence-electron chi connectivity index (χ3n) is 3.29. The number of hydrogen-bond donors (Lipinski definition) is 2. The van der Waals surface area contributed by atoms with E-state index in [1.54, 1.807) is 0 Å². The highest BCUT2D eigenvalue weighted by Gasteiger charge is 2.25. The maximum absolute atomic E-state index is 9.26. The first-order valence-corrected chi connectivity index (χ1v) is 6.00. The van der Waals surface area contributed by atoms with E-state index in [4.69, 9.17) is 0 Å². The molecule has 0 aliphatic heterocycles. The summed E-state index contributed by atoms with van der Waals surface area (Å²) in [6.07, 6.45) is 5.06. The SMILES string of the molecule is CC(C)C[C@@H](CO)N[C@H]1CCC[C@@H]1C. The van der Waals surface area contributed by atoms with Gasteiger partial charge in [0.05, 0.1) is 6.61 Å². The maximum atomic E-state index is 9.26. The standard InChI is InChI=1S/C12H25NO/c1-9(2)7-11(8-14)13-12-6-4-5-10(12)3/h9-14H,4-8H2,1-3H3/t10-,11-,12-/m0/s1. The fourth-order valence-electron chi connectivity index (χ4n) is 2.46. The largest absolute Gasteiger partial charge is 0.395 e. The van der Waals surface area contributed by atoms with E-state index < -0.39 is 0 Å². The van der Waals surface area contributed by atoms with Crippen LogP contribution in [0.4, 0.5) is 0 Å². The summed E-state index contributed by atoms with van der Waals surface area (Å²) in [5.41, 5.74) is 0. The highest BCUT2D eigenvalue weighted by atomic mass is 16.3. The number of aliphatic hydroxyl groups is 1. The average molecular weight is 199 g/mol. The van der Waals surface area contributed by atoms with Crippen LogP contribution in [-0.2, 0) is 0 Å². The van der Waals surface area contributed by atoms with Crippen molar-refractivity contribution in [3.05, 3.63) is 0 Å². The summed E-state index contributed by atoms with van der Waals surface area (Å²) < 4.78 is 0. The van der Waals surface area contributed by atoms with Gasteiger partial charge in [0.1, 0.15) is 0 Å². The Morgan fingerprint density at radius 2 is 2.07 bits per heavy atom. The third kappa shape index (κ3) is 3.58. The molecule has 3 atom stereocenters. The van der Waals surface area contributed by atoms with E-state index in [-0.39, 0.29) is 6.61 Å². The molecule has 0 aromatic heterocycles. The third-order valence-corrected chi connectivity index (χ3v) is 3.29. The van der Waals surface area contributed by atoms with E-state index in [0.29, 0.717) is 18.0 Å². The topological polar surface area (TPSA) is 32.3 Å². The fourth-order valence-corrected chi connectivity index (χ4v) is 2.46. The summed E-state index contributed by atoms with van der Waals surface area (Å²) in [6, 6.07) is 0.950. The summed E-state index contributed by atoms with van der Waals surface area (Å²) in [4.78, 5) is 0. The quantitative estimate of drug-likeness (QED) is 0.711. The Morgan fingerprint density at radius 3 is 2.50 bits per heavy atom. The van der Waals surface area contributed by atoms with Crippen molar-refractivity contribution in [1.29, 1.82) is 0 Å². The predicted octanol–water partition coefficient (Wildman–Crippen LogP) is 2.17. The van der Waals surface area contributed by atoms with Crippen molar-refractivity contribution in [3.8, 4) is 0 Å². The van der Waals surface area contributed by atoms with E-state index in [2.05, 4.69) is 26.1 Å². The summed E-state index contributed by atoms with van der Waals surface area (Å²) >= 11 is 0. The van der Waals surface area contributed by atoms with Crippen molar-refractivity contribution in [1.82, 2.24) is 5.32 Å². The molecule has 0 heterocycles. The van der Waals surface area contributed by atoms with Gasteiger partial charge in [0.25, 0.3) is 0 Å². The second-order valence-corrected chi connectivity index (χ2v) is 5.19. The van der Waals surface area contributed by atoms with Crippen molar-refractivity contribution in [2.45, 2.75) is 58.5 Å². The molecule has 2 N–H and O–H groups in total. The molecule has 0 aromatic carbocycles. The van der Waals surface area contributed by atoms with Crippen LogP contribution in [0.2, 0.25) is 0 Å². The maximum Gasteiger partial charge on any atom is 0.0584 e. The van der Waals surface area contributed by atoms with Crippen molar-refractivity contribution in [2.75, 3.05) is 6.61 Å². The summed E-state index contributed by atoms with van der Waals surface area (Å²) in [5.74, 6) is 1.45. The van der Waals surface area contributed by atoms with Gasteiger partial charge in [-0.25, -0.2) is 0 Å². The van der Waals surface area contributed by atoms with Crippen LogP contribution >= 0.6 is 0 Å². The summed E-state index contributed by atoms with van der Waals surface area (Å²) in [6.45, 7) is 7.01. The molecule has 0 saturated heterocycles. The minimum Gasteiger partial charge on any atom is -0.395 e. The van der Waals surface area contributed by atoms with Gasteiger partial charge >= 0.3 is 0 Å². The van der Waals surface area contributed by atoms with Crippen LogP contribution in [0.3, 0.4) is 0 Å². The molecule has 0 aromatic rings. The zero-order valence-electron chi connectivity index (χ0n) is 9.79. The van der Waals surface area contributed by atoms with Crippen molar-refractivity contribution < 1.29 is 5.11 Å². The van der Waals surface area contributed by atoms with Crippen molar-refractivity contribution in [3.63, 3.8) is 0 Å². The summed E-state index contributed by atoms with van der Waals surface area (Å²) in [7, 11) is 0. The van der Waals surface area contributed by atoms with Gasteiger partial charge in [0.15, 0.2) is 0 Å². The van der Waals surface area contributed by atoms with Crippen LogP contribution in [0, 0.1) is 11.8 Å². The summed E-state index contributed by atoms with van der Waals surface area (Å²) in [5, 5.41) is 12.9. The van der Waals surface area contributed by atoms with Gasteiger partial charge in [-0.05, 0) is 31.1 Å². The zero-order chi connectivity index (χ0) is 10.6. The molecule has 0 radical (unpaired) electrons. The van der Waals surface area contributed by atoms with E-state index in [1.165, 1.54) is 19.3 Å². The molecule has 1 rings (SSSR count). The lowest BCUT2D eigenvalue weighted by molar-refractivity contribution is 0.205. The minimum atomic E-state index is 0.279. The van der Waals surface area contributed by atoms with Crippen LogP contribution in [-0.4, -0.2) is 23.8 Å². The molecule has 2 nitrogen and oxygen atoms in total. The Balaban J connectivity index is 2.31. The first-order chi connectivity index (χ1) is 6.63. The molecular weight excluding hydrogens is 174 g/mol. The molecule has 1 saturated carbocycles. The van der Waals surface area contributed by atoms with Crippen molar-refractivity contribution in [2.24, 2.45) is 11.8 Å². The molecule has 0 spiro atoms. The average Bonchev–Trinajstić information content (AvgIpc) is 2.50. The molecule has 1 fully saturated rings. The highest BCUT2D eigenvalue weighted by molar-refractivity contribution is 4.83. The molecular formula is C12H25NO. The molecule has 0 unspecified atom stereocenters. The zero-order valence-corrected chi connectivity index (χ0v) is 9.79. The molecule has 1 aliphatic carbocycles. The molecule has 1 aliphatic rings. The lowest BCUT2D eigenvalue weighted by Crippen LogP contribution is -2.42. The van der Waals surface area contributed by atoms with Crippen LogP contribution in [0.1, 0.15) is 46.5 Å². The Labute approximate surface area is 88.1 Å². The number of nitrogens with one attached hydrogen (secondary N) is 1. The van der Waals surface area contributed by atoms with Crippen LogP contribution in [0.15, 0.2) is 0 Å². The first kappa shape index (κ1) is 12.0. The highest BCUT2D eigenvalue weighted by Crippen LogP contribution is 2.25. The second kappa shape index (κ2) is 5.72. The van der Waals surface area contributed by atoms with Gasteiger partial charge in [-0.15, -0.1) is 0 Å². The molecule has 0 bridgehead atoms. The van der Waals surface area contributed by atoms with Crippen LogP contribution in [0.5, 0.6) is 0 Å². The fraction of sp³-hybridized carbons (Fsp3) is 1.00. The predicted molar refractivity (Wildman–Crippen MR) is 60.3 cm³/mol. The van der Waals surface area contributed by atoms with Gasteiger partial charge in [-0.1, -0.05) is 27.2 Å². The molecule has 2 heteroatoms. The Hall–Kier alpha value is -0.0800. The van der Waals surface area contributed by atoms with Gasteiger partial charge < -0.3 is 10.4 Å². The van der Waals surface area contributed by atoms with E-state index in [1.807, 2.05) is 0 Å². The number of hydrogen-bond acceptors (Lipinski definition) is 2. The lowest BCUT2D eigenvalue weighted by atomic mass is 10.0. The Morgan fingerprint density at radius 1 is 1.36 bits per heavy atom. The van der Waals surface area contributed by atoms with Gasteiger partial charge in [0.2, 0.25) is 0 Å². The first-order valence-electron chi connectivity index (χ1n) is 6.00. The van der Waals surface area contributed by atoms with Crippen LogP contribution in [0.25, 0.3) is 0 Å². The van der Waals surface area contributed by atoms with Crippen molar-refractivity contribution >= 4 is 0 Å². The van der Waals surface area contributed by atoms with E-state index >= 15 is 0 Å². The minimum absolute atomic E-state index is 0.279. The molecule has 84 valence electrons. The molecule has 0 amide bonds. The lowest BCUT2D eigenvalue weighted by Gasteiger charge is -2.25. The van der Waals surface area contributed by atoms with E-state index in [9.17, 15) is 5.11 Å². The smallest absolute Gasteiger partial charge is 0.0584 e.